The Bertz CT molecular complexity index is 545. The summed E-state index contributed by atoms with van der Waals surface area (Å²) in [5.74, 6) is -0.402. The molecule has 0 saturated heterocycles. The predicted molar refractivity (Wildman–Crippen MR) is 72.9 cm³/mol. The first-order valence-corrected chi connectivity index (χ1v) is 6.39. The minimum absolute atomic E-state index is 0.0871. The normalized spacial score (nSPS) is 23.2. The molecule has 2 atom stereocenters. The largest absolute Gasteiger partial charge is 0.451 e. The number of carbonyl (C=O) groups is 2. The second-order valence-electron chi connectivity index (χ2n) is 5.31. The molecule has 0 fully saturated rings. The molecule has 3 nitrogen and oxygen atoms in total. The first kappa shape index (κ1) is 13.5. The molecule has 100 valence electrons. The van der Waals surface area contributed by atoms with Crippen LogP contribution in [0, 0.1) is 6.92 Å². The van der Waals surface area contributed by atoms with Gasteiger partial charge < -0.3 is 9.53 Å². The number of ether oxygens (including phenoxy) is 1. The van der Waals surface area contributed by atoms with Gasteiger partial charge >= 0.3 is 5.97 Å². The molecule has 0 aromatic heterocycles. The summed E-state index contributed by atoms with van der Waals surface area (Å²) >= 11 is 0. The Labute approximate surface area is 113 Å². The van der Waals surface area contributed by atoms with Crippen LogP contribution >= 0.6 is 0 Å². The molecule has 1 aliphatic heterocycles. The van der Waals surface area contributed by atoms with Crippen molar-refractivity contribution in [2.45, 2.75) is 38.7 Å². The molecule has 3 heteroatoms. The van der Waals surface area contributed by atoms with Crippen LogP contribution in [-0.2, 0) is 14.3 Å². The van der Waals surface area contributed by atoms with Gasteiger partial charge in [-0.15, -0.1) is 0 Å². The van der Waals surface area contributed by atoms with E-state index in [4.69, 9.17) is 4.74 Å². The number of hydrogen-bond acceptors (Lipinski definition) is 3. The lowest BCUT2D eigenvalue weighted by Crippen LogP contribution is -2.33. The molecule has 1 aromatic carbocycles. The third-order valence-electron chi connectivity index (χ3n) is 3.50. The summed E-state index contributed by atoms with van der Waals surface area (Å²) < 4.78 is 5.40. The van der Waals surface area contributed by atoms with Gasteiger partial charge in [0.05, 0.1) is 0 Å². The highest BCUT2D eigenvalue weighted by Gasteiger charge is 2.40. The Kier molecular flexibility index (Phi) is 3.56. The van der Waals surface area contributed by atoms with Crippen LogP contribution in [0.25, 0.3) is 0 Å². The minimum Gasteiger partial charge on any atom is -0.451 e. The van der Waals surface area contributed by atoms with E-state index in [1.807, 2.05) is 38.1 Å². The van der Waals surface area contributed by atoms with Crippen LogP contribution in [0.15, 0.2) is 36.4 Å². The molecule has 0 radical (unpaired) electrons. The SMILES string of the molecule is CC(=O)C[C@H](c1cccc(C)c1)[C@]1(C)C=CC(=O)O1. The van der Waals surface area contributed by atoms with Crippen molar-refractivity contribution in [3.63, 3.8) is 0 Å². The Balaban J connectivity index is 2.39. The van der Waals surface area contributed by atoms with Gasteiger partial charge in [0.2, 0.25) is 0 Å². The van der Waals surface area contributed by atoms with Crippen LogP contribution < -0.4 is 0 Å². The van der Waals surface area contributed by atoms with Crippen molar-refractivity contribution in [3.8, 4) is 0 Å². The molecule has 0 N–H and O–H groups in total. The van der Waals surface area contributed by atoms with Gasteiger partial charge in [-0.05, 0) is 32.4 Å². The maximum Gasteiger partial charge on any atom is 0.331 e. The number of ketones is 1. The zero-order valence-corrected chi connectivity index (χ0v) is 11.5. The quantitative estimate of drug-likeness (QED) is 0.780. The Morgan fingerprint density at radius 3 is 2.68 bits per heavy atom. The average Bonchev–Trinajstić information content (AvgIpc) is 2.67. The Hall–Kier alpha value is -1.90. The van der Waals surface area contributed by atoms with Gasteiger partial charge in [0.25, 0.3) is 0 Å². The third-order valence-corrected chi connectivity index (χ3v) is 3.50. The molecule has 1 heterocycles. The van der Waals surface area contributed by atoms with Crippen molar-refractivity contribution in [1.29, 1.82) is 0 Å². The summed E-state index contributed by atoms with van der Waals surface area (Å²) in [5, 5.41) is 0. The van der Waals surface area contributed by atoms with Gasteiger partial charge in [0, 0.05) is 18.4 Å². The number of cyclic esters (lactones) is 1. The van der Waals surface area contributed by atoms with Crippen molar-refractivity contribution in [2.75, 3.05) is 0 Å². The summed E-state index contributed by atoms with van der Waals surface area (Å²) in [5.41, 5.74) is 1.41. The molecule has 1 aliphatic rings. The van der Waals surface area contributed by atoms with E-state index in [0.29, 0.717) is 6.42 Å². The van der Waals surface area contributed by atoms with Crippen LogP contribution in [0.5, 0.6) is 0 Å². The first-order chi connectivity index (χ1) is 8.90. The van der Waals surface area contributed by atoms with E-state index in [2.05, 4.69) is 0 Å². The third kappa shape index (κ3) is 2.92. The molecule has 0 aliphatic carbocycles. The number of Topliss-reactive ketones (excluding diaryl/α,β-unsaturated/α-hetero) is 1. The van der Waals surface area contributed by atoms with Crippen molar-refractivity contribution in [3.05, 3.63) is 47.5 Å². The minimum atomic E-state index is -0.740. The van der Waals surface area contributed by atoms with Crippen molar-refractivity contribution in [1.82, 2.24) is 0 Å². The molecular weight excluding hydrogens is 240 g/mol. The molecule has 0 saturated carbocycles. The van der Waals surface area contributed by atoms with E-state index in [1.54, 1.807) is 13.0 Å². The molecule has 0 amide bonds. The molecular formula is C16H18O3. The van der Waals surface area contributed by atoms with E-state index in [-0.39, 0.29) is 17.7 Å². The van der Waals surface area contributed by atoms with Crippen LogP contribution in [0.2, 0.25) is 0 Å². The highest BCUT2D eigenvalue weighted by Crippen LogP contribution is 2.38. The number of rotatable bonds is 4. The van der Waals surface area contributed by atoms with Crippen LogP contribution in [-0.4, -0.2) is 17.4 Å². The zero-order chi connectivity index (χ0) is 14.0. The van der Waals surface area contributed by atoms with E-state index in [1.165, 1.54) is 6.08 Å². The fraction of sp³-hybridized carbons (Fsp3) is 0.375. The van der Waals surface area contributed by atoms with Gasteiger partial charge in [-0.25, -0.2) is 4.79 Å². The summed E-state index contributed by atoms with van der Waals surface area (Å²) in [7, 11) is 0. The summed E-state index contributed by atoms with van der Waals surface area (Å²) in [6, 6.07) is 7.99. The van der Waals surface area contributed by atoms with E-state index < -0.39 is 5.60 Å². The predicted octanol–water partition coefficient (Wildman–Crippen LogP) is 2.93. The molecule has 0 unspecified atom stereocenters. The van der Waals surface area contributed by atoms with Gasteiger partial charge in [0.15, 0.2) is 0 Å². The molecule has 19 heavy (non-hydrogen) atoms. The van der Waals surface area contributed by atoms with Crippen molar-refractivity contribution in [2.24, 2.45) is 0 Å². The average molecular weight is 258 g/mol. The molecule has 0 spiro atoms. The van der Waals surface area contributed by atoms with Crippen LogP contribution in [0.1, 0.15) is 37.3 Å². The fourth-order valence-electron chi connectivity index (χ4n) is 2.53. The number of aryl methyl sites for hydroxylation is 1. The molecule has 1 aromatic rings. The number of carbonyl (C=O) groups excluding carboxylic acids is 2. The van der Waals surface area contributed by atoms with Gasteiger partial charge in [-0.3, -0.25) is 0 Å². The van der Waals surface area contributed by atoms with Crippen molar-refractivity contribution >= 4 is 11.8 Å². The Morgan fingerprint density at radius 2 is 2.16 bits per heavy atom. The lowest BCUT2D eigenvalue weighted by atomic mass is 9.80. The standard InChI is InChI=1S/C16H18O3/c1-11-5-4-6-13(9-11)14(10-12(2)17)16(3)8-7-15(18)19-16/h4-9,14H,10H2,1-3H3/t14-,16+/m1/s1. The van der Waals surface area contributed by atoms with E-state index >= 15 is 0 Å². The lowest BCUT2D eigenvalue weighted by molar-refractivity contribution is -0.146. The highest BCUT2D eigenvalue weighted by atomic mass is 16.6. The summed E-state index contributed by atoms with van der Waals surface area (Å²) in [6.07, 6.45) is 3.55. The van der Waals surface area contributed by atoms with Crippen LogP contribution in [0.4, 0.5) is 0 Å². The molecule has 0 bridgehead atoms. The first-order valence-electron chi connectivity index (χ1n) is 6.39. The van der Waals surface area contributed by atoms with Crippen molar-refractivity contribution < 1.29 is 14.3 Å². The topological polar surface area (TPSA) is 43.4 Å². The van der Waals surface area contributed by atoms with E-state index in [0.717, 1.165) is 11.1 Å². The summed E-state index contributed by atoms with van der Waals surface area (Å²) in [6.45, 7) is 5.42. The maximum absolute atomic E-state index is 11.5. The van der Waals surface area contributed by atoms with Gasteiger partial charge in [-0.2, -0.15) is 0 Å². The van der Waals surface area contributed by atoms with Crippen LogP contribution in [0.3, 0.4) is 0 Å². The van der Waals surface area contributed by atoms with Gasteiger partial charge in [0.1, 0.15) is 11.4 Å². The van der Waals surface area contributed by atoms with Gasteiger partial charge in [-0.1, -0.05) is 29.8 Å². The maximum atomic E-state index is 11.5. The summed E-state index contributed by atoms with van der Waals surface area (Å²) in [4.78, 5) is 22.9. The second-order valence-corrected chi connectivity index (χ2v) is 5.31. The number of esters is 1. The lowest BCUT2D eigenvalue weighted by Gasteiger charge is -2.31. The monoisotopic (exact) mass is 258 g/mol. The number of benzene rings is 1. The Morgan fingerprint density at radius 1 is 1.42 bits per heavy atom. The zero-order valence-electron chi connectivity index (χ0n) is 11.5. The molecule has 2 rings (SSSR count). The van der Waals surface area contributed by atoms with E-state index in [9.17, 15) is 9.59 Å². The fourth-order valence-corrected chi connectivity index (χ4v) is 2.53. The smallest absolute Gasteiger partial charge is 0.331 e. The highest BCUT2D eigenvalue weighted by molar-refractivity contribution is 5.85. The second kappa shape index (κ2) is 5.00. The number of hydrogen-bond donors (Lipinski definition) is 0.